The van der Waals surface area contributed by atoms with E-state index in [1.54, 1.807) is 0 Å². The molecule has 0 aliphatic heterocycles. The summed E-state index contributed by atoms with van der Waals surface area (Å²) in [5.41, 5.74) is -2.15. The third-order valence-corrected chi connectivity index (χ3v) is 12.8. The van der Waals surface area contributed by atoms with Crippen LogP contribution in [0.5, 0.6) is 11.5 Å². The summed E-state index contributed by atoms with van der Waals surface area (Å²) < 4.78 is 95.4. The molecule has 72 heavy (non-hydrogen) atoms. The average Bonchev–Trinajstić information content (AvgIpc) is 3.28. The Bertz CT molecular complexity index is 3270. The van der Waals surface area contributed by atoms with Gasteiger partial charge in [0.15, 0.2) is 0 Å². The minimum absolute atomic E-state index is 0.0417. The smallest absolute Gasteiger partial charge is 0.349 e. The van der Waals surface area contributed by atoms with Gasteiger partial charge in [0.05, 0.1) is 56.2 Å². The molecule has 0 bridgehead atoms. The largest absolute Gasteiger partial charge is 0.478 e. The number of halogens is 3. The SMILES string of the molecule is Cc1cc([N+](=O)[O-])c(C(=O)O)c([N+](=O)[O-])c1.O=C(O)c1c(Cl)cc(Cl)cc1Cl.O=C(O)c1ccc(OS(=O)c2ccc(C(=O)O)cc2)cc1.O=S(Oc1ccc(S(=O)(=O)O)cc1)c1ccc(S(=O)(=O)O)cc1. The Morgan fingerprint density at radius 2 is 0.819 bits per heavy atom. The molecule has 24 nitrogen and oxygen atoms in total. The molecule has 0 fully saturated rings. The van der Waals surface area contributed by atoms with Gasteiger partial charge in [0, 0.05) is 17.2 Å². The molecule has 6 aromatic carbocycles. The Labute approximate surface area is 424 Å². The van der Waals surface area contributed by atoms with Gasteiger partial charge in [-0.05, 0) is 122 Å². The van der Waals surface area contributed by atoms with E-state index in [4.69, 9.17) is 72.7 Å². The number of aryl methyl sites for hydroxylation is 1. The molecule has 6 aromatic rings. The van der Waals surface area contributed by atoms with Crippen LogP contribution in [0.1, 0.15) is 47.0 Å². The van der Waals surface area contributed by atoms with E-state index < -0.39 is 93.1 Å². The van der Waals surface area contributed by atoms with Gasteiger partial charge in [0.25, 0.3) is 31.6 Å². The van der Waals surface area contributed by atoms with Gasteiger partial charge in [-0.15, -0.1) is 0 Å². The summed E-state index contributed by atoms with van der Waals surface area (Å²) in [4.78, 5) is 61.7. The first-order valence-electron chi connectivity index (χ1n) is 18.5. The van der Waals surface area contributed by atoms with Crippen molar-refractivity contribution in [1.29, 1.82) is 0 Å². The molecule has 0 radical (unpaired) electrons. The van der Waals surface area contributed by atoms with Gasteiger partial charge in [0.1, 0.15) is 11.5 Å². The number of aromatic carboxylic acids is 4. The van der Waals surface area contributed by atoms with Gasteiger partial charge in [-0.2, -0.15) is 16.8 Å². The minimum atomic E-state index is -4.34. The van der Waals surface area contributed by atoms with Gasteiger partial charge in [-0.1, -0.05) is 34.8 Å². The van der Waals surface area contributed by atoms with Crippen LogP contribution in [0.15, 0.2) is 141 Å². The Balaban J connectivity index is 0.000000260. The van der Waals surface area contributed by atoms with Crippen LogP contribution in [0.2, 0.25) is 15.1 Å². The molecule has 2 atom stereocenters. The molecule has 6 N–H and O–H groups in total. The molecule has 0 aliphatic rings. The molecule has 31 heteroatoms. The van der Waals surface area contributed by atoms with Crippen LogP contribution < -0.4 is 8.37 Å². The number of nitrogens with zero attached hydrogens (tertiary/aromatic N) is 2. The molecule has 0 heterocycles. The summed E-state index contributed by atoms with van der Waals surface area (Å²) in [7, 11) is -8.67. The molecule has 0 spiro atoms. The molecule has 0 amide bonds. The minimum Gasteiger partial charge on any atom is -0.478 e. The zero-order valence-electron chi connectivity index (χ0n) is 35.4. The highest BCUT2D eigenvalue weighted by Gasteiger charge is 2.31. The number of nitro groups is 2. The number of hydrogen-bond acceptors (Lipinski definition) is 16. The van der Waals surface area contributed by atoms with Crippen LogP contribution in [0, 0.1) is 27.2 Å². The predicted octanol–water partition coefficient (Wildman–Crippen LogP) is 8.32. The van der Waals surface area contributed by atoms with Gasteiger partial charge < -0.3 is 28.8 Å². The van der Waals surface area contributed by atoms with Gasteiger partial charge >= 0.3 is 23.9 Å². The van der Waals surface area contributed by atoms with Crippen molar-refractivity contribution in [1.82, 2.24) is 0 Å². The van der Waals surface area contributed by atoms with Crippen LogP contribution in [-0.4, -0.2) is 88.5 Å². The fourth-order valence-electron chi connectivity index (χ4n) is 5.02. The number of hydrogen-bond donors (Lipinski definition) is 6. The molecule has 0 aliphatic carbocycles. The number of carbonyl (C=O) groups is 4. The van der Waals surface area contributed by atoms with Crippen LogP contribution in [0.3, 0.4) is 0 Å². The topological polar surface area (TPSA) is 397 Å². The summed E-state index contributed by atoms with van der Waals surface area (Å²) in [6.45, 7) is 1.41. The summed E-state index contributed by atoms with van der Waals surface area (Å²) in [5, 5.41) is 56.4. The maximum Gasteiger partial charge on any atom is 0.349 e. The van der Waals surface area contributed by atoms with Crippen molar-refractivity contribution >= 4 is 112 Å². The lowest BCUT2D eigenvalue weighted by molar-refractivity contribution is -0.394. The normalized spacial score (nSPS) is 11.5. The van der Waals surface area contributed by atoms with Gasteiger partial charge in [-0.3, -0.25) is 29.3 Å². The summed E-state index contributed by atoms with van der Waals surface area (Å²) in [6.07, 6.45) is 0. The first-order valence-corrected chi connectivity index (χ1v) is 24.6. The van der Waals surface area contributed by atoms with Crippen LogP contribution in [0.25, 0.3) is 0 Å². The molecule has 6 rings (SSSR count). The summed E-state index contributed by atoms with van der Waals surface area (Å²) >= 11 is 12.9. The molecule has 0 saturated carbocycles. The first kappa shape index (κ1) is 58.9. The highest BCUT2D eigenvalue weighted by molar-refractivity contribution is 7.86. The Morgan fingerprint density at radius 3 is 1.12 bits per heavy atom. The van der Waals surface area contributed by atoms with E-state index in [9.17, 15) is 64.7 Å². The molecule has 0 aromatic heterocycles. The quantitative estimate of drug-likeness (QED) is 0.0339. The maximum atomic E-state index is 12.0. The van der Waals surface area contributed by atoms with Crippen molar-refractivity contribution < 1.29 is 92.2 Å². The van der Waals surface area contributed by atoms with E-state index in [-0.39, 0.29) is 58.5 Å². The first-order chi connectivity index (χ1) is 33.4. The summed E-state index contributed by atoms with van der Waals surface area (Å²) in [6, 6.07) is 24.6. The monoisotopic (exact) mass is 1130 g/mol. The zero-order chi connectivity index (χ0) is 54.4. The van der Waals surface area contributed by atoms with E-state index in [1.807, 2.05) is 0 Å². The van der Waals surface area contributed by atoms with Crippen molar-refractivity contribution in [2.45, 2.75) is 26.5 Å². The van der Waals surface area contributed by atoms with Crippen molar-refractivity contribution in [3.05, 3.63) is 184 Å². The fourth-order valence-corrected chi connectivity index (χ4v) is 8.44. The van der Waals surface area contributed by atoms with Crippen molar-refractivity contribution in [3.8, 4) is 11.5 Å². The zero-order valence-corrected chi connectivity index (χ0v) is 41.0. The average molecular weight is 1140 g/mol. The third kappa shape index (κ3) is 17.5. The molecular formula is C41H29Cl3N2O22S4. The Hall–Kier alpha value is -7.41. The van der Waals surface area contributed by atoms with Crippen LogP contribution in [-0.2, 0) is 42.4 Å². The number of benzene rings is 6. The van der Waals surface area contributed by atoms with E-state index >= 15 is 0 Å². The molecule has 2 unspecified atom stereocenters. The second-order valence-electron chi connectivity index (χ2n) is 13.2. The van der Waals surface area contributed by atoms with E-state index in [1.165, 1.54) is 91.9 Å². The van der Waals surface area contributed by atoms with Crippen LogP contribution in [0.4, 0.5) is 11.4 Å². The Kier molecular flexibility index (Phi) is 21.0. The number of carboxylic acid groups (broad SMARTS) is 4. The fraction of sp³-hybridized carbons (Fsp3) is 0.0244. The number of nitro benzene ring substituents is 2. The lowest BCUT2D eigenvalue weighted by atomic mass is 10.1. The van der Waals surface area contributed by atoms with E-state index in [0.29, 0.717) is 9.92 Å². The molecule has 0 saturated heterocycles. The second-order valence-corrected chi connectivity index (χ2v) is 19.5. The highest BCUT2D eigenvalue weighted by atomic mass is 35.5. The molecule has 380 valence electrons. The van der Waals surface area contributed by atoms with E-state index in [0.717, 1.165) is 36.4 Å². The van der Waals surface area contributed by atoms with Gasteiger partial charge in [0.2, 0.25) is 27.7 Å². The van der Waals surface area contributed by atoms with Gasteiger partial charge in [-0.25, -0.2) is 27.6 Å². The Morgan fingerprint density at radius 1 is 0.514 bits per heavy atom. The second kappa shape index (κ2) is 25.6. The molecular weight excluding hydrogens is 1110 g/mol. The van der Waals surface area contributed by atoms with E-state index in [2.05, 4.69) is 0 Å². The maximum absolute atomic E-state index is 12.0. The van der Waals surface area contributed by atoms with Crippen molar-refractivity contribution in [2.75, 3.05) is 0 Å². The lowest BCUT2D eigenvalue weighted by Crippen LogP contribution is -2.07. The predicted molar refractivity (Wildman–Crippen MR) is 253 cm³/mol. The lowest BCUT2D eigenvalue weighted by Gasteiger charge is -2.06. The van der Waals surface area contributed by atoms with Crippen molar-refractivity contribution in [3.63, 3.8) is 0 Å². The van der Waals surface area contributed by atoms with Crippen molar-refractivity contribution in [2.24, 2.45) is 0 Å². The number of carboxylic acids is 4. The standard InChI is InChI=1S/C14H10O6S.C12H10O8S3.C8H6N2O6.C7H3Cl3O2/c15-13(16)9-1-5-11(6-2-9)20-21(19)12-7-3-10(4-8-12)14(17)18;13-21(10-3-7-12(8-4-10)23(17,18)19)20-9-1-5-11(6-2-9)22(14,15)16;1-4-2-5(9(13)14)7(8(11)12)6(3-4)10(15)16;8-3-1-4(9)6(7(11)12)5(10)2-3/h1-8H,(H,15,16)(H,17,18);1-8H,(H,14,15,16)(H,17,18,19);2-3H,1H3,(H,11,12);1-2H,(H,11,12). The highest BCUT2D eigenvalue weighted by Crippen LogP contribution is 2.31. The third-order valence-electron chi connectivity index (χ3n) is 8.24. The van der Waals surface area contributed by atoms with Crippen LogP contribution >= 0.6 is 34.8 Å². The summed E-state index contributed by atoms with van der Waals surface area (Å²) in [5.74, 6) is -4.67. The number of rotatable bonds is 14.